The van der Waals surface area contributed by atoms with E-state index in [1.54, 1.807) is 12.1 Å². The van der Waals surface area contributed by atoms with Gasteiger partial charge in [0.25, 0.3) is 0 Å². The molecule has 0 fully saturated rings. The number of benzene rings is 1. The largest absolute Gasteiger partial charge is 0.494 e. The molecule has 0 atom stereocenters. The molecule has 0 amide bonds. The third-order valence-electron chi connectivity index (χ3n) is 3.03. The van der Waals surface area contributed by atoms with Gasteiger partial charge in [-0.2, -0.15) is 0 Å². The fourth-order valence-electron chi connectivity index (χ4n) is 1.89. The van der Waals surface area contributed by atoms with E-state index in [0.29, 0.717) is 5.56 Å². The quantitative estimate of drug-likeness (QED) is 0.446. The van der Waals surface area contributed by atoms with Crippen molar-refractivity contribution in [2.45, 2.75) is 51.9 Å². The maximum absolute atomic E-state index is 10.5. The third kappa shape index (κ3) is 6.43. The molecule has 0 saturated carbocycles. The smallest absolute Gasteiger partial charge is 0.150 e. The van der Waals surface area contributed by atoms with E-state index < -0.39 is 0 Å². The van der Waals surface area contributed by atoms with Crippen molar-refractivity contribution in [1.29, 1.82) is 0 Å². The Balaban J connectivity index is 2.01. The van der Waals surface area contributed by atoms with Crippen LogP contribution in [-0.2, 0) is 0 Å². The monoisotopic (exact) mass is 248 g/mol. The maximum Gasteiger partial charge on any atom is 0.150 e. The molecular formula is C16H24O2. The molecule has 1 aromatic carbocycles. The van der Waals surface area contributed by atoms with E-state index >= 15 is 0 Å². The predicted molar refractivity (Wildman–Crippen MR) is 75.3 cm³/mol. The highest BCUT2D eigenvalue weighted by molar-refractivity contribution is 5.74. The average Bonchev–Trinajstić information content (AvgIpc) is 2.42. The Hall–Kier alpha value is -1.31. The summed E-state index contributed by atoms with van der Waals surface area (Å²) in [5, 5.41) is 0. The number of rotatable bonds is 10. The highest BCUT2D eigenvalue weighted by Crippen LogP contribution is 2.12. The van der Waals surface area contributed by atoms with Gasteiger partial charge in [-0.05, 0) is 30.7 Å². The highest BCUT2D eigenvalue weighted by atomic mass is 16.5. The predicted octanol–water partition coefficient (Wildman–Crippen LogP) is 4.63. The lowest BCUT2D eigenvalue weighted by Gasteiger charge is -2.06. The molecule has 0 aliphatic heterocycles. The van der Waals surface area contributed by atoms with Crippen LogP contribution < -0.4 is 4.74 Å². The van der Waals surface area contributed by atoms with Gasteiger partial charge in [-0.3, -0.25) is 4.79 Å². The van der Waals surface area contributed by atoms with Crippen molar-refractivity contribution in [3.63, 3.8) is 0 Å². The molecule has 2 heteroatoms. The minimum atomic E-state index is 0.693. The molecule has 1 aromatic rings. The SMILES string of the molecule is CCCCCCCCCOc1ccc(C=O)cc1. The molecule has 0 radical (unpaired) electrons. The van der Waals surface area contributed by atoms with Gasteiger partial charge in [0, 0.05) is 5.56 Å². The van der Waals surface area contributed by atoms with Crippen LogP contribution in [0.1, 0.15) is 62.2 Å². The van der Waals surface area contributed by atoms with Crippen molar-refractivity contribution < 1.29 is 9.53 Å². The van der Waals surface area contributed by atoms with Crippen LogP contribution in [0.2, 0.25) is 0 Å². The molecule has 2 nitrogen and oxygen atoms in total. The van der Waals surface area contributed by atoms with E-state index in [1.165, 1.54) is 38.5 Å². The molecule has 0 aliphatic carbocycles. The zero-order valence-corrected chi connectivity index (χ0v) is 11.4. The molecule has 0 saturated heterocycles. The van der Waals surface area contributed by atoms with Crippen molar-refractivity contribution in [2.24, 2.45) is 0 Å². The molecule has 0 aliphatic rings. The summed E-state index contributed by atoms with van der Waals surface area (Å²) < 4.78 is 5.62. The van der Waals surface area contributed by atoms with E-state index in [-0.39, 0.29) is 0 Å². The van der Waals surface area contributed by atoms with Gasteiger partial charge >= 0.3 is 0 Å². The van der Waals surface area contributed by atoms with Crippen molar-refractivity contribution in [2.75, 3.05) is 6.61 Å². The van der Waals surface area contributed by atoms with Gasteiger partial charge in [0.1, 0.15) is 12.0 Å². The van der Waals surface area contributed by atoms with Gasteiger partial charge in [-0.25, -0.2) is 0 Å². The minimum absolute atomic E-state index is 0.693. The summed E-state index contributed by atoms with van der Waals surface area (Å²) in [4.78, 5) is 10.5. The Morgan fingerprint density at radius 1 is 0.944 bits per heavy atom. The zero-order valence-electron chi connectivity index (χ0n) is 11.4. The van der Waals surface area contributed by atoms with E-state index in [9.17, 15) is 4.79 Å². The van der Waals surface area contributed by atoms with Crippen LogP contribution in [-0.4, -0.2) is 12.9 Å². The summed E-state index contributed by atoms with van der Waals surface area (Å²) in [7, 11) is 0. The lowest BCUT2D eigenvalue weighted by Crippen LogP contribution is -1.97. The van der Waals surface area contributed by atoms with Crippen molar-refractivity contribution in [3.8, 4) is 5.75 Å². The molecule has 0 aromatic heterocycles. The molecular weight excluding hydrogens is 224 g/mol. The molecule has 0 heterocycles. The van der Waals surface area contributed by atoms with E-state index in [4.69, 9.17) is 4.74 Å². The Morgan fingerprint density at radius 2 is 1.56 bits per heavy atom. The van der Waals surface area contributed by atoms with Gasteiger partial charge in [-0.1, -0.05) is 45.4 Å². The van der Waals surface area contributed by atoms with Crippen LogP contribution in [0.15, 0.2) is 24.3 Å². The molecule has 0 bridgehead atoms. The molecule has 0 unspecified atom stereocenters. The van der Waals surface area contributed by atoms with Crippen molar-refractivity contribution >= 4 is 6.29 Å². The number of unbranched alkanes of at least 4 members (excludes halogenated alkanes) is 6. The number of hydrogen-bond donors (Lipinski definition) is 0. The number of carbonyl (C=O) groups excluding carboxylic acids is 1. The Labute approximate surface area is 110 Å². The average molecular weight is 248 g/mol. The lowest BCUT2D eigenvalue weighted by atomic mass is 10.1. The van der Waals surface area contributed by atoms with Gasteiger partial charge in [-0.15, -0.1) is 0 Å². The zero-order chi connectivity index (χ0) is 13.1. The van der Waals surface area contributed by atoms with Crippen LogP contribution >= 0.6 is 0 Å². The van der Waals surface area contributed by atoms with E-state index in [2.05, 4.69) is 6.92 Å². The number of aldehydes is 1. The van der Waals surface area contributed by atoms with Crippen LogP contribution in [0.25, 0.3) is 0 Å². The molecule has 0 N–H and O–H groups in total. The van der Waals surface area contributed by atoms with Gasteiger partial charge < -0.3 is 4.74 Å². The normalized spacial score (nSPS) is 10.3. The first kappa shape index (κ1) is 14.7. The summed E-state index contributed by atoms with van der Waals surface area (Å²) in [6, 6.07) is 7.27. The molecule has 100 valence electrons. The molecule has 1 rings (SSSR count). The van der Waals surface area contributed by atoms with Crippen LogP contribution in [0.3, 0.4) is 0 Å². The third-order valence-corrected chi connectivity index (χ3v) is 3.03. The number of hydrogen-bond acceptors (Lipinski definition) is 2. The van der Waals surface area contributed by atoms with Gasteiger partial charge in [0.15, 0.2) is 0 Å². The van der Waals surface area contributed by atoms with Crippen LogP contribution in [0, 0.1) is 0 Å². The van der Waals surface area contributed by atoms with Gasteiger partial charge in [0.2, 0.25) is 0 Å². The van der Waals surface area contributed by atoms with Crippen LogP contribution in [0.4, 0.5) is 0 Å². The second kappa shape index (κ2) is 9.69. The Kier molecular flexibility index (Phi) is 7.94. The summed E-state index contributed by atoms with van der Waals surface area (Å²) in [6.45, 7) is 3.01. The fraction of sp³-hybridized carbons (Fsp3) is 0.562. The number of carbonyl (C=O) groups is 1. The molecule has 18 heavy (non-hydrogen) atoms. The fourth-order valence-corrected chi connectivity index (χ4v) is 1.89. The minimum Gasteiger partial charge on any atom is -0.494 e. The van der Waals surface area contributed by atoms with Crippen molar-refractivity contribution in [1.82, 2.24) is 0 Å². The summed E-state index contributed by atoms with van der Waals surface area (Å²) >= 11 is 0. The lowest BCUT2D eigenvalue weighted by molar-refractivity contribution is 0.112. The maximum atomic E-state index is 10.5. The highest BCUT2D eigenvalue weighted by Gasteiger charge is 1.95. The number of ether oxygens (including phenoxy) is 1. The van der Waals surface area contributed by atoms with Crippen molar-refractivity contribution in [3.05, 3.63) is 29.8 Å². The van der Waals surface area contributed by atoms with Crippen LogP contribution in [0.5, 0.6) is 5.75 Å². The summed E-state index contributed by atoms with van der Waals surface area (Å²) in [6.07, 6.45) is 9.90. The Morgan fingerprint density at radius 3 is 2.17 bits per heavy atom. The summed E-state index contributed by atoms with van der Waals surface area (Å²) in [5.74, 6) is 0.853. The second-order valence-electron chi connectivity index (χ2n) is 4.66. The van der Waals surface area contributed by atoms with Gasteiger partial charge in [0.05, 0.1) is 6.61 Å². The first-order valence-electron chi connectivity index (χ1n) is 7.05. The second-order valence-corrected chi connectivity index (χ2v) is 4.66. The van der Waals surface area contributed by atoms with E-state index in [1.807, 2.05) is 12.1 Å². The Bertz CT molecular complexity index is 316. The summed E-state index contributed by atoms with van der Waals surface area (Å²) in [5.41, 5.74) is 0.693. The standard InChI is InChI=1S/C16H24O2/c1-2-3-4-5-6-7-8-13-18-16-11-9-15(14-17)10-12-16/h9-12,14H,2-8,13H2,1H3. The van der Waals surface area contributed by atoms with E-state index in [0.717, 1.165) is 25.1 Å². The topological polar surface area (TPSA) is 26.3 Å². The molecule has 0 spiro atoms. The first-order chi connectivity index (χ1) is 8.86. The first-order valence-corrected chi connectivity index (χ1v) is 7.05.